The standard InChI is InChI=1S/C20H21BrClN3O4/c1-12-6-7-17(14(21)10-12)29-11-20(28)25-24-19(27)9-8-18(26)23-16-5-3-4-15(22)13(16)2/h3-7,10H,8-9,11H2,1-2H3,(H,23,26)(H,24,27)(H,25,28). The van der Waals surface area contributed by atoms with Crippen LogP contribution in [0, 0.1) is 13.8 Å². The van der Waals surface area contributed by atoms with E-state index >= 15 is 0 Å². The second-order valence-corrected chi connectivity index (χ2v) is 7.54. The molecule has 0 atom stereocenters. The Morgan fingerprint density at radius 3 is 2.41 bits per heavy atom. The Morgan fingerprint density at radius 2 is 1.69 bits per heavy atom. The van der Waals surface area contributed by atoms with Crippen LogP contribution in [-0.4, -0.2) is 24.3 Å². The normalized spacial score (nSPS) is 10.2. The van der Waals surface area contributed by atoms with Gasteiger partial charge in [-0.05, 0) is 65.2 Å². The number of carbonyl (C=O) groups is 3. The van der Waals surface area contributed by atoms with E-state index in [0.29, 0.717) is 16.5 Å². The summed E-state index contributed by atoms with van der Waals surface area (Å²) in [5.41, 5.74) is 6.89. The van der Waals surface area contributed by atoms with E-state index < -0.39 is 11.8 Å². The van der Waals surface area contributed by atoms with Crippen LogP contribution in [0.15, 0.2) is 40.9 Å². The topological polar surface area (TPSA) is 96.5 Å². The Morgan fingerprint density at radius 1 is 1.00 bits per heavy atom. The molecule has 0 aromatic heterocycles. The quantitative estimate of drug-likeness (QED) is 0.525. The average molecular weight is 483 g/mol. The van der Waals surface area contributed by atoms with Crippen molar-refractivity contribution in [1.82, 2.24) is 10.9 Å². The van der Waals surface area contributed by atoms with Gasteiger partial charge in [-0.2, -0.15) is 0 Å². The Bertz CT molecular complexity index is 921. The van der Waals surface area contributed by atoms with E-state index in [2.05, 4.69) is 32.1 Å². The molecule has 0 heterocycles. The van der Waals surface area contributed by atoms with Crippen molar-refractivity contribution >= 4 is 50.9 Å². The number of carbonyl (C=O) groups excluding carboxylic acids is 3. The first kappa shape index (κ1) is 22.7. The highest BCUT2D eigenvalue weighted by atomic mass is 79.9. The molecule has 0 bridgehead atoms. The first-order valence-electron chi connectivity index (χ1n) is 8.78. The maximum Gasteiger partial charge on any atom is 0.276 e. The molecule has 0 radical (unpaired) electrons. The van der Waals surface area contributed by atoms with E-state index in [4.69, 9.17) is 16.3 Å². The lowest BCUT2D eigenvalue weighted by molar-refractivity contribution is -0.130. The fraction of sp³-hybridized carbons (Fsp3) is 0.250. The summed E-state index contributed by atoms with van der Waals surface area (Å²) in [4.78, 5) is 35.6. The molecule has 0 saturated carbocycles. The Balaban J connectivity index is 1.69. The molecule has 0 fully saturated rings. The lowest BCUT2D eigenvalue weighted by Gasteiger charge is -2.11. The van der Waals surface area contributed by atoms with Crippen molar-refractivity contribution in [2.75, 3.05) is 11.9 Å². The molecule has 3 N–H and O–H groups in total. The van der Waals surface area contributed by atoms with Gasteiger partial charge in [0, 0.05) is 23.6 Å². The van der Waals surface area contributed by atoms with Crippen LogP contribution in [0.3, 0.4) is 0 Å². The molecule has 0 saturated heterocycles. The van der Waals surface area contributed by atoms with Crippen molar-refractivity contribution in [3.05, 3.63) is 57.0 Å². The van der Waals surface area contributed by atoms with E-state index in [1.807, 2.05) is 19.1 Å². The summed E-state index contributed by atoms with van der Waals surface area (Å²) in [7, 11) is 0. The maximum absolute atomic E-state index is 12.0. The number of amides is 3. The molecular formula is C20H21BrClN3O4. The lowest BCUT2D eigenvalue weighted by atomic mass is 10.2. The van der Waals surface area contributed by atoms with E-state index in [9.17, 15) is 14.4 Å². The van der Waals surface area contributed by atoms with E-state index in [0.717, 1.165) is 15.6 Å². The summed E-state index contributed by atoms with van der Waals surface area (Å²) < 4.78 is 6.12. The first-order valence-corrected chi connectivity index (χ1v) is 9.95. The zero-order chi connectivity index (χ0) is 21.4. The van der Waals surface area contributed by atoms with Gasteiger partial charge in [-0.1, -0.05) is 23.7 Å². The number of rotatable bonds is 7. The van der Waals surface area contributed by atoms with Crippen LogP contribution in [0.25, 0.3) is 0 Å². The molecule has 29 heavy (non-hydrogen) atoms. The zero-order valence-electron chi connectivity index (χ0n) is 16.0. The van der Waals surface area contributed by atoms with Crippen LogP contribution in [0.4, 0.5) is 5.69 Å². The van der Waals surface area contributed by atoms with E-state index in [-0.39, 0.29) is 25.4 Å². The summed E-state index contributed by atoms with van der Waals surface area (Å²) in [6.07, 6.45) is -0.128. The lowest BCUT2D eigenvalue weighted by Crippen LogP contribution is -2.44. The molecule has 0 aliphatic rings. The number of benzene rings is 2. The number of hydrazine groups is 1. The molecule has 0 unspecified atom stereocenters. The molecule has 7 nitrogen and oxygen atoms in total. The average Bonchev–Trinajstić information content (AvgIpc) is 2.67. The smallest absolute Gasteiger partial charge is 0.276 e. The van der Waals surface area contributed by atoms with Gasteiger partial charge in [-0.25, -0.2) is 0 Å². The fourth-order valence-corrected chi connectivity index (χ4v) is 3.07. The van der Waals surface area contributed by atoms with Crippen LogP contribution >= 0.6 is 27.5 Å². The third-order valence-electron chi connectivity index (χ3n) is 3.91. The van der Waals surface area contributed by atoms with Crippen LogP contribution < -0.4 is 20.9 Å². The molecule has 3 amide bonds. The number of aryl methyl sites for hydroxylation is 1. The predicted octanol–water partition coefficient (Wildman–Crippen LogP) is 3.66. The van der Waals surface area contributed by atoms with Gasteiger partial charge >= 0.3 is 0 Å². The van der Waals surface area contributed by atoms with Gasteiger partial charge in [0.05, 0.1) is 4.47 Å². The van der Waals surface area contributed by atoms with Crippen LogP contribution in [0.1, 0.15) is 24.0 Å². The van der Waals surface area contributed by atoms with E-state index in [1.54, 1.807) is 31.2 Å². The molecule has 9 heteroatoms. The largest absolute Gasteiger partial charge is 0.483 e. The number of hydrogen-bond donors (Lipinski definition) is 3. The highest BCUT2D eigenvalue weighted by Crippen LogP contribution is 2.25. The molecular weight excluding hydrogens is 462 g/mol. The van der Waals surface area contributed by atoms with Crippen molar-refractivity contribution in [1.29, 1.82) is 0 Å². The van der Waals surface area contributed by atoms with Crippen molar-refractivity contribution in [2.45, 2.75) is 26.7 Å². The molecule has 154 valence electrons. The van der Waals surface area contributed by atoms with Crippen LogP contribution in [0.5, 0.6) is 5.75 Å². The monoisotopic (exact) mass is 481 g/mol. The van der Waals surface area contributed by atoms with Crippen molar-refractivity contribution < 1.29 is 19.1 Å². The van der Waals surface area contributed by atoms with Gasteiger partial charge in [0.15, 0.2) is 6.61 Å². The second kappa shape index (κ2) is 10.8. The summed E-state index contributed by atoms with van der Waals surface area (Å²) in [6, 6.07) is 10.6. The van der Waals surface area contributed by atoms with Crippen LogP contribution in [0.2, 0.25) is 5.02 Å². The van der Waals surface area contributed by atoms with Gasteiger partial charge in [0.2, 0.25) is 11.8 Å². The Hall–Kier alpha value is -2.58. The number of anilines is 1. The number of nitrogens with one attached hydrogen (secondary N) is 3. The Kier molecular flexibility index (Phi) is 8.48. The summed E-state index contributed by atoms with van der Waals surface area (Å²) >= 11 is 9.36. The Labute approximate surface area is 182 Å². The number of halogens is 2. The highest BCUT2D eigenvalue weighted by Gasteiger charge is 2.11. The SMILES string of the molecule is Cc1ccc(OCC(=O)NNC(=O)CCC(=O)Nc2cccc(Cl)c2C)c(Br)c1. The summed E-state index contributed by atoms with van der Waals surface area (Å²) in [5, 5.41) is 3.25. The van der Waals surface area contributed by atoms with Crippen molar-refractivity contribution in [2.24, 2.45) is 0 Å². The third kappa shape index (κ3) is 7.40. The fourth-order valence-electron chi connectivity index (χ4n) is 2.29. The molecule has 0 aliphatic carbocycles. The van der Waals surface area contributed by atoms with E-state index in [1.165, 1.54) is 0 Å². The predicted molar refractivity (Wildman–Crippen MR) is 115 cm³/mol. The van der Waals surface area contributed by atoms with Gasteiger partial charge < -0.3 is 10.1 Å². The summed E-state index contributed by atoms with van der Waals surface area (Å²) in [6.45, 7) is 3.46. The minimum atomic E-state index is -0.523. The first-order chi connectivity index (χ1) is 13.8. The molecule has 2 aromatic carbocycles. The zero-order valence-corrected chi connectivity index (χ0v) is 18.3. The van der Waals surface area contributed by atoms with Crippen molar-refractivity contribution in [3.8, 4) is 5.75 Å². The summed E-state index contributed by atoms with van der Waals surface area (Å²) in [5.74, 6) is -0.827. The van der Waals surface area contributed by atoms with Gasteiger partial charge in [-0.3, -0.25) is 25.2 Å². The number of hydrogen-bond acceptors (Lipinski definition) is 4. The molecule has 0 aliphatic heterocycles. The molecule has 2 aromatic rings. The van der Waals surface area contributed by atoms with Crippen molar-refractivity contribution in [3.63, 3.8) is 0 Å². The second-order valence-electron chi connectivity index (χ2n) is 6.28. The third-order valence-corrected chi connectivity index (χ3v) is 4.94. The maximum atomic E-state index is 12.0. The minimum absolute atomic E-state index is 0.0412. The molecule has 2 rings (SSSR count). The minimum Gasteiger partial charge on any atom is -0.483 e. The molecule has 0 spiro atoms. The highest BCUT2D eigenvalue weighted by molar-refractivity contribution is 9.10. The van der Waals surface area contributed by atoms with Crippen LogP contribution in [-0.2, 0) is 14.4 Å². The van der Waals surface area contributed by atoms with Gasteiger partial charge in [0.1, 0.15) is 5.75 Å². The van der Waals surface area contributed by atoms with Gasteiger partial charge in [-0.15, -0.1) is 0 Å². The van der Waals surface area contributed by atoms with Gasteiger partial charge in [0.25, 0.3) is 5.91 Å². The number of ether oxygens (including phenoxy) is 1.